The molecule has 0 radical (unpaired) electrons. The largest absolute Gasteiger partial charge is 0.454 e. The summed E-state index contributed by atoms with van der Waals surface area (Å²) in [6, 6.07) is 9.09. The molecule has 0 amide bonds. The van der Waals surface area contributed by atoms with Crippen LogP contribution in [0.1, 0.15) is 18.5 Å². The summed E-state index contributed by atoms with van der Waals surface area (Å²) in [4.78, 5) is 0. The fraction of sp³-hybridized carbons (Fsp3) is 0.353. The molecule has 1 fully saturated rings. The smallest absolute Gasteiger partial charge is 0.231 e. The highest BCUT2D eigenvalue weighted by Gasteiger charge is 2.23. The number of aromatic nitrogens is 1. The van der Waals surface area contributed by atoms with Crippen molar-refractivity contribution < 1.29 is 18.9 Å². The summed E-state index contributed by atoms with van der Waals surface area (Å²) in [5.74, 6) is 2.33. The van der Waals surface area contributed by atoms with Gasteiger partial charge in [0.15, 0.2) is 11.5 Å². The third-order valence-corrected chi connectivity index (χ3v) is 4.16. The number of rotatable bonds is 4. The summed E-state index contributed by atoms with van der Waals surface area (Å²) in [5, 5.41) is 9.36. The van der Waals surface area contributed by atoms with Crippen molar-refractivity contribution in [3.05, 3.63) is 30.0 Å². The van der Waals surface area contributed by atoms with Crippen LogP contribution in [0.2, 0.25) is 0 Å². The molecular formula is C17H17N3O4. The van der Waals surface area contributed by atoms with Gasteiger partial charge in [0.2, 0.25) is 12.7 Å². The van der Waals surface area contributed by atoms with E-state index in [2.05, 4.69) is 6.07 Å². The maximum Gasteiger partial charge on any atom is 0.231 e. The van der Waals surface area contributed by atoms with E-state index in [-0.39, 0.29) is 12.9 Å². The average Bonchev–Trinajstić information content (AvgIpc) is 3.31. The zero-order chi connectivity index (χ0) is 16.5. The Morgan fingerprint density at radius 1 is 1.29 bits per heavy atom. The van der Waals surface area contributed by atoms with E-state index in [9.17, 15) is 5.26 Å². The number of ether oxygens (including phenoxy) is 4. The molecule has 2 aromatic rings. The molecule has 24 heavy (non-hydrogen) atoms. The molecule has 0 bridgehead atoms. The molecule has 124 valence electrons. The molecule has 4 rings (SSSR count). The van der Waals surface area contributed by atoms with Gasteiger partial charge in [-0.3, -0.25) is 4.57 Å². The Kier molecular flexibility index (Phi) is 3.67. The number of nitrogens with zero attached hydrogens (tertiary/aromatic N) is 2. The highest BCUT2D eigenvalue weighted by atomic mass is 16.7. The first kappa shape index (κ1) is 14.7. The first-order valence-corrected chi connectivity index (χ1v) is 7.83. The molecule has 3 heterocycles. The SMILES string of the molecule is N#Cc1cc(N)c(Oc2ccc3c(c2)OCO3)n1C[C@H]1CCCO1. The van der Waals surface area contributed by atoms with E-state index in [4.69, 9.17) is 24.7 Å². The molecule has 7 nitrogen and oxygen atoms in total. The van der Waals surface area contributed by atoms with E-state index in [0.717, 1.165) is 19.4 Å². The molecule has 0 unspecified atom stereocenters. The second kappa shape index (κ2) is 5.98. The number of nitrogens with two attached hydrogens (primary N) is 1. The quantitative estimate of drug-likeness (QED) is 0.928. The summed E-state index contributed by atoms with van der Waals surface area (Å²) >= 11 is 0. The van der Waals surface area contributed by atoms with Gasteiger partial charge in [-0.15, -0.1) is 0 Å². The summed E-state index contributed by atoms with van der Waals surface area (Å²) in [6.07, 6.45) is 2.07. The third kappa shape index (κ3) is 2.61. The van der Waals surface area contributed by atoms with Crippen molar-refractivity contribution in [1.29, 1.82) is 5.26 Å². The molecule has 1 atom stereocenters. The number of fused-ring (bicyclic) bond motifs is 1. The maximum absolute atomic E-state index is 9.36. The Morgan fingerprint density at radius 2 is 2.17 bits per heavy atom. The summed E-state index contributed by atoms with van der Waals surface area (Å²) in [5.41, 5.74) is 6.93. The van der Waals surface area contributed by atoms with E-state index in [1.807, 2.05) is 0 Å². The second-order valence-corrected chi connectivity index (χ2v) is 5.76. The van der Waals surface area contributed by atoms with E-state index in [1.54, 1.807) is 28.8 Å². The van der Waals surface area contributed by atoms with Gasteiger partial charge in [-0.1, -0.05) is 0 Å². The minimum Gasteiger partial charge on any atom is -0.454 e. The van der Waals surface area contributed by atoms with Crippen molar-refractivity contribution in [3.8, 4) is 29.2 Å². The Hall–Kier alpha value is -2.85. The average molecular weight is 327 g/mol. The van der Waals surface area contributed by atoms with E-state index in [1.165, 1.54) is 0 Å². The lowest BCUT2D eigenvalue weighted by Crippen LogP contribution is -2.16. The number of hydrogen-bond acceptors (Lipinski definition) is 6. The van der Waals surface area contributed by atoms with Gasteiger partial charge in [0.25, 0.3) is 0 Å². The van der Waals surface area contributed by atoms with Crippen LogP contribution in [0.25, 0.3) is 0 Å². The van der Waals surface area contributed by atoms with Crippen molar-refractivity contribution in [2.24, 2.45) is 0 Å². The molecule has 2 N–H and O–H groups in total. The Bertz CT molecular complexity index is 803. The van der Waals surface area contributed by atoms with E-state index in [0.29, 0.717) is 41.1 Å². The van der Waals surface area contributed by atoms with Gasteiger partial charge in [0.05, 0.1) is 18.3 Å². The van der Waals surface area contributed by atoms with Gasteiger partial charge in [-0.25, -0.2) is 0 Å². The zero-order valence-electron chi connectivity index (χ0n) is 13.0. The maximum atomic E-state index is 9.36. The molecule has 0 aliphatic carbocycles. The van der Waals surface area contributed by atoms with Gasteiger partial charge < -0.3 is 24.7 Å². The van der Waals surface area contributed by atoms with E-state index < -0.39 is 0 Å². The van der Waals surface area contributed by atoms with Crippen LogP contribution in [0.4, 0.5) is 5.69 Å². The highest BCUT2D eigenvalue weighted by Crippen LogP contribution is 2.38. The summed E-state index contributed by atoms with van der Waals surface area (Å²) in [6.45, 7) is 1.50. The van der Waals surface area contributed by atoms with Gasteiger partial charge in [-0.2, -0.15) is 5.26 Å². The van der Waals surface area contributed by atoms with Crippen LogP contribution in [-0.2, 0) is 11.3 Å². The molecule has 1 saturated heterocycles. The standard InChI is InChI=1S/C17H17N3O4/c18-8-11-6-14(19)17(20(11)9-13-2-1-5-21-13)24-12-3-4-15-16(7-12)23-10-22-15/h3-4,6-7,13H,1-2,5,9-10,19H2/t13-/m1/s1. The monoisotopic (exact) mass is 327 g/mol. The lowest BCUT2D eigenvalue weighted by Gasteiger charge is -2.16. The predicted octanol–water partition coefficient (Wildman–Crippen LogP) is 2.64. The van der Waals surface area contributed by atoms with Gasteiger partial charge in [0.1, 0.15) is 17.5 Å². The van der Waals surface area contributed by atoms with Crippen LogP contribution in [0.5, 0.6) is 23.1 Å². The Balaban J connectivity index is 1.64. The first-order valence-electron chi connectivity index (χ1n) is 7.83. The fourth-order valence-electron chi connectivity index (χ4n) is 2.98. The Labute approximate surface area is 139 Å². The molecule has 0 spiro atoms. The molecule has 7 heteroatoms. The summed E-state index contributed by atoms with van der Waals surface area (Å²) in [7, 11) is 0. The van der Waals surface area contributed by atoms with Crippen LogP contribution in [-0.4, -0.2) is 24.1 Å². The van der Waals surface area contributed by atoms with Gasteiger partial charge in [-0.05, 0) is 25.0 Å². The number of anilines is 1. The lowest BCUT2D eigenvalue weighted by atomic mass is 10.2. The van der Waals surface area contributed by atoms with E-state index >= 15 is 0 Å². The highest BCUT2D eigenvalue weighted by molar-refractivity contribution is 5.57. The van der Waals surface area contributed by atoms with Crippen LogP contribution < -0.4 is 19.9 Å². The van der Waals surface area contributed by atoms with Crippen LogP contribution in [0, 0.1) is 11.3 Å². The number of hydrogen-bond donors (Lipinski definition) is 1. The van der Waals surface area contributed by atoms with Crippen molar-refractivity contribution in [1.82, 2.24) is 4.57 Å². The molecule has 1 aromatic carbocycles. The lowest BCUT2D eigenvalue weighted by molar-refractivity contribution is 0.0952. The Morgan fingerprint density at radius 3 is 2.96 bits per heavy atom. The summed E-state index contributed by atoms with van der Waals surface area (Å²) < 4.78 is 24.0. The second-order valence-electron chi connectivity index (χ2n) is 5.76. The molecule has 1 aromatic heterocycles. The first-order chi connectivity index (χ1) is 11.7. The van der Waals surface area contributed by atoms with Crippen LogP contribution in [0.15, 0.2) is 24.3 Å². The topological polar surface area (TPSA) is 91.7 Å². The molecule has 2 aliphatic heterocycles. The molecule has 2 aliphatic rings. The minimum absolute atomic E-state index is 0.0722. The van der Waals surface area contributed by atoms with Crippen molar-refractivity contribution in [3.63, 3.8) is 0 Å². The van der Waals surface area contributed by atoms with Crippen LogP contribution in [0.3, 0.4) is 0 Å². The molecular weight excluding hydrogens is 310 g/mol. The van der Waals surface area contributed by atoms with Crippen molar-refractivity contribution in [2.75, 3.05) is 19.1 Å². The number of nitrogen functional groups attached to an aromatic ring is 1. The van der Waals surface area contributed by atoms with Crippen molar-refractivity contribution >= 4 is 5.69 Å². The normalized spacial score (nSPS) is 18.5. The fourth-order valence-corrected chi connectivity index (χ4v) is 2.98. The number of nitriles is 1. The third-order valence-electron chi connectivity index (χ3n) is 4.16. The predicted molar refractivity (Wildman–Crippen MR) is 85.2 cm³/mol. The minimum atomic E-state index is 0.0722. The number of benzene rings is 1. The molecule has 0 saturated carbocycles. The van der Waals surface area contributed by atoms with Gasteiger partial charge >= 0.3 is 0 Å². The van der Waals surface area contributed by atoms with Crippen molar-refractivity contribution in [2.45, 2.75) is 25.5 Å². The van der Waals surface area contributed by atoms with Crippen LogP contribution >= 0.6 is 0 Å². The zero-order valence-corrected chi connectivity index (χ0v) is 13.0. The van der Waals surface area contributed by atoms with Gasteiger partial charge in [0, 0.05) is 18.7 Å².